The van der Waals surface area contributed by atoms with E-state index in [2.05, 4.69) is 10.3 Å². The van der Waals surface area contributed by atoms with Crippen LogP contribution in [0.3, 0.4) is 0 Å². The fourth-order valence-corrected chi connectivity index (χ4v) is 3.75. The van der Waals surface area contributed by atoms with Crippen LogP contribution in [-0.2, 0) is 11.2 Å². The molecule has 0 aromatic carbocycles. The van der Waals surface area contributed by atoms with Gasteiger partial charge in [0, 0.05) is 17.2 Å². The maximum Gasteiger partial charge on any atom is 0.309 e. The molecule has 0 aliphatic carbocycles. The number of hydrogen-bond donors (Lipinski definition) is 2. The van der Waals surface area contributed by atoms with Gasteiger partial charge >= 0.3 is 5.97 Å². The van der Waals surface area contributed by atoms with Crippen LogP contribution in [0.1, 0.15) is 25.0 Å². The summed E-state index contributed by atoms with van der Waals surface area (Å²) in [6, 6.07) is 0. The maximum absolute atomic E-state index is 10.5. The standard InChI is InChI=1S/C11H16N2O2S2/c14-10(15)5-8-7-17-11(13-8)12-6-9-3-1-2-4-16-9/h7,9H,1-6H2,(H,12,13)(H,14,15). The molecule has 1 aromatic rings. The number of rotatable bonds is 5. The highest BCUT2D eigenvalue weighted by Crippen LogP contribution is 2.25. The lowest BCUT2D eigenvalue weighted by molar-refractivity contribution is -0.136. The third kappa shape index (κ3) is 4.20. The number of anilines is 1. The van der Waals surface area contributed by atoms with Gasteiger partial charge in [0.1, 0.15) is 0 Å². The van der Waals surface area contributed by atoms with Crippen LogP contribution in [0.25, 0.3) is 0 Å². The third-order valence-electron chi connectivity index (χ3n) is 2.64. The third-order valence-corrected chi connectivity index (χ3v) is 4.89. The van der Waals surface area contributed by atoms with Gasteiger partial charge in [0.2, 0.25) is 0 Å². The zero-order valence-electron chi connectivity index (χ0n) is 9.52. The molecule has 17 heavy (non-hydrogen) atoms. The smallest absolute Gasteiger partial charge is 0.309 e. The Balaban J connectivity index is 1.78. The largest absolute Gasteiger partial charge is 0.481 e. The van der Waals surface area contributed by atoms with E-state index in [0.29, 0.717) is 10.9 Å². The Kier molecular flexibility index (Phi) is 4.67. The van der Waals surface area contributed by atoms with Gasteiger partial charge in [0.05, 0.1) is 12.1 Å². The van der Waals surface area contributed by atoms with Gasteiger partial charge in [0.15, 0.2) is 5.13 Å². The number of thiazole rings is 1. The van der Waals surface area contributed by atoms with Gasteiger partial charge in [-0.1, -0.05) is 6.42 Å². The number of aliphatic carboxylic acids is 1. The molecule has 1 aliphatic rings. The minimum Gasteiger partial charge on any atom is -0.481 e. The molecule has 4 nitrogen and oxygen atoms in total. The minimum absolute atomic E-state index is 0.0103. The molecule has 2 heterocycles. The van der Waals surface area contributed by atoms with Crippen molar-refractivity contribution in [2.45, 2.75) is 30.9 Å². The Morgan fingerprint density at radius 2 is 2.47 bits per heavy atom. The Morgan fingerprint density at radius 3 is 3.18 bits per heavy atom. The number of nitrogens with zero attached hydrogens (tertiary/aromatic N) is 1. The van der Waals surface area contributed by atoms with Crippen LogP contribution in [-0.4, -0.2) is 33.6 Å². The quantitative estimate of drug-likeness (QED) is 0.862. The SMILES string of the molecule is O=C(O)Cc1csc(NCC2CCCCS2)n1. The average molecular weight is 272 g/mol. The second kappa shape index (κ2) is 6.26. The van der Waals surface area contributed by atoms with E-state index in [1.807, 2.05) is 17.1 Å². The molecule has 0 radical (unpaired) electrons. The van der Waals surface area contributed by atoms with Gasteiger partial charge in [-0.25, -0.2) is 4.98 Å². The number of thioether (sulfide) groups is 1. The number of aromatic nitrogens is 1. The van der Waals surface area contributed by atoms with E-state index in [4.69, 9.17) is 5.11 Å². The lowest BCUT2D eigenvalue weighted by Gasteiger charge is -2.21. The summed E-state index contributed by atoms with van der Waals surface area (Å²) in [5.41, 5.74) is 0.640. The van der Waals surface area contributed by atoms with E-state index in [-0.39, 0.29) is 6.42 Å². The Labute approximate surface area is 109 Å². The predicted octanol–water partition coefficient (Wildman–Crippen LogP) is 2.47. The summed E-state index contributed by atoms with van der Waals surface area (Å²) in [5.74, 6) is 0.429. The van der Waals surface area contributed by atoms with Gasteiger partial charge in [-0.15, -0.1) is 11.3 Å². The number of hydrogen-bond acceptors (Lipinski definition) is 5. The summed E-state index contributed by atoms with van der Waals surface area (Å²) in [6.45, 7) is 0.935. The van der Waals surface area contributed by atoms with Crippen molar-refractivity contribution in [2.75, 3.05) is 17.6 Å². The van der Waals surface area contributed by atoms with Crippen molar-refractivity contribution < 1.29 is 9.90 Å². The minimum atomic E-state index is -0.829. The summed E-state index contributed by atoms with van der Waals surface area (Å²) in [6.07, 6.45) is 3.93. The molecule has 1 fully saturated rings. The number of carboxylic acids is 1. The molecule has 0 saturated carbocycles. The van der Waals surface area contributed by atoms with Gasteiger partial charge in [-0.3, -0.25) is 4.79 Å². The molecule has 1 aromatic heterocycles. The molecule has 0 amide bonds. The molecule has 1 saturated heterocycles. The van der Waals surface area contributed by atoms with E-state index in [0.717, 1.165) is 11.7 Å². The van der Waals surface area contributed by atoms with E-state index in [1.54, 1.807) is 0 Å². The molecule has 1 unspecified atom stereocenters. The van der Waals surface area contributed by atoms with Crippen molar-refractivity contribution in [3.63, 3.8) is 0 Å². The molecule has 0 bridgehead atoms. The molecule has 6 heteroatoms. The van der Waals surface area contributed by atoms with Crippen molar-refractivity contribution in [3.8, 4) is 0 Å². The lowest BCUT2D eigenvalue weighted by atomic mass is 10.2. The lowest BCUT2D eigenvalue weighted by Crippen LogP contribution is -2.19. The van der Waals surface area contributed by atoms with E-state index in [1.165, 1.54) is 36.4 Å². The first-order valence-corrected chi connectivity index (χ1v) is 7.68. The van der Waals surface area contributed by atoms with E-state index >= 15 is 0 Å². The number of carbonyl (C=O) groups is 1. The molecule has 2 N–H and O–H groups in total. The van der Waals surface area contributed by atoms with E-state index in [9.17, 15) is 4.79 Å². The second-order valence-corrected chi connectivity index (χ2v) is 6.35. The second-order valence-electron chi connectivity index (χ2n) is 4.08. The molecular weight excluding hydrogens is 256 g/mol. The zero-order valence-corrected chi connectivity index (χ0v) is 11.1. The monoisotopic (exact) mass is 272 g/mol. The highest BCUT2D eigenvalue weighted by molar-refractivity contribution is 7.99. The van der Waals surface area contributed by atoms with E-state index < -0.39 is 5.97 Å². The van der Waals surface area contributed by atoms with Crippen LogP contribution in [0.2, 0.25) is 0 Å². The van der Waals surface area contributed by atoms with Crippen molar-refractivity contribution in [1.82, 2.24) is 4.98 Å². The topological polar surface area (TPSA) is 62.2 Å². The fourth-order valence-electron chi connectivity index (χ4n) is 1.79. The van der Waals surface area contributed by atoms with Crippen LogP contribution < -0.4 is 5.32 Å². The summed E-state index contributed by atoms with van der Waals surface area (Å²) >= 11 is 3.51. The van der Waals surface area contributed by atoms with Gasteiger partial charge in [-0.2, -0.15) is 11.8 Å². The van der Waals surface area contributed by atoms with Crippen molar-refractivity contribution in [2.24, 2.45) is 0 Å². The predicted molar refractivity (Wildman–Crippen MR) is 72.0 cm³/mol. The van der Waals surface area contributed by atoms with Crippen LogP contribution in [0.4, 0.5) is 5.13 Å². The molecule has 0 spiro atoms. The highest BCUT2D eigenvalue weighted by atomic mass is 32.2. The summed E-state index contributed by atoms with van der Waals surface area (Å²) < 4.78 is 0. The Hall–Kier alpha value is -0.750. The zero-order chi connectivity index (χ0) is 12.1. The fraction of sp³-hybridized carbons (Fsp3) is 0.636. The molecule has 2 rings (SSSR count). The Morgan fingerprint density at radius 1 is 1.59 bits per heavy atom. The first-order valence-electron chi connectivity index (χ1n) is 5.75. The number of carboxylic acid groups (broad SMARTS) is 1. The summed E-state index contributed by atoms with van der Waals surface area (Å²) in [4.78, 5) is 14.8. The van der Waals surface area contributed by atoms with Crippen LogP contribution in [0, 0.1) is 0 Å². The van der Waals surface area contributed by atoms with Gasteiger partial charge < -0.3 is 10.4 Å². The normalized spacial score (nSPS) is 20.1. The first kappa shape index (κ1) is 12.7. The van der Waals surface area contributed by atoms with Crippen molar-refractivity contribution in [3.05, 3.63) is 11.1 Å². The summed E-state index contributed by atoms with van der Waals surface area (Å²) in [7, 11) is 0. The first-order chi connectivity index (χ1) is 8.24. The molecule has 94 valence electrons. The van der Waals surface area contributed by atoms with Gasteiger partial charge in [-0.05, 0) is 18.6 Å². The maximum atomic E-state index is 10.5. The molecule has 1 aliphatic heterocycles. The summed E-state index contributed by atoms with van der Waals surface area (Å²) in [5, 5.41) is 15.3. The van der Waals surface area contributed by atoms with Crippen molar-refractivity contribution >= 4 is 34.2 Å². The molecule has 1 atom stereocenters. The Bertz CT molecular complexity index is 375. The van der Waals surface area contributed by atoms with Crippen LogP contribution in [0.15, 0.2) is 5.38 Å². The van der Waals surface area contributed by atoms with Gasteiger partial charge in [0.25, 0.3) is 0 Å². The molecular formula is C11H16N2O2S2. The number of nitrogens with one attached hydrogen (secondary N) is 1. The van der Waals surface area contributed by atoms with Crippen molar-refractivity contribution in [1.29, 1.82) is 0 Å². The highest BCUT2D eigenvalue weighted by Gasteiger charge is 2.14. The van der Waals surface area contributed by atoms with Crippen LogP contribution in [0.5, 0.6) is 0 Å². The average Bonchev–Trinajstić information content (AvgIpc) is 2.75. The van der Waals surface area contributed by atoms with Crippen LogP contribution >= 0.6 is 23.1 Å².